The van der Waals surface area contributed by atoms with Crippen LogP contribution in [-0.2, 0) is 6.61 Å². The second kappa shape index (κ2) is 6.88. The van der Waals surface area contributed by atoms with E-state index in [0.29, 0.717) is 12.3 Å². The highest BCUT2D eigenvalue weighted by Gasteiger charge is 2.05. The van der Waals surface area contributed by atoms with E-state index in [2.05, 4.69) is 0 Å². The summed E-state index contributed by atoms with van der Waals surface area (Å²) in [5.74, 6) is 1.57. The van der Waals surface area contributed by atoms with Crippen molar-refractivity contribution in [3.05, 3.63) is 78.4 Å². The molecule has 0 heterocycles. The van der Waals surface area contributed by atoms with Gasteiger partial charge in [-0.05, 0) is 41.0 Å². The molecule has 23 heavy (non-hydrogen) atoms. The molecule has 0 fully saturated rings. The average molecular weight is 305 g/mol. The van der Waals surface area contributed by atoms with Crippen LogP contribution in [0.2, 0.25) is 0 Å². The molecule has 0 aliphatic rings. The number of benzene rings is 3. The van der Waals surface area contributed by atoms with Crippen LogP contribution in [0.4, 0.5) is 5.69 Å². The van der Waals surface area contributed by atoms with Crippen LogP contribution in [0.5, 0.6) is 11.5 Å². The van der Waals surface area contributed by atoms with Crippen LogP contribution in [0.15, 0.2) is 72.8 Å². The number of ether oxygens (including phenoxy) is 2. The van der Waals surface area contributed by atoms with Crippen molar-refractivity contribution >= 4 is 5.69 Å². The summed E-state index contributed by atoms with van der Waals surface area (Å²) in [5, 5.41) is 0. The summed E-state index contributed by atoms with van der Waals surface area (Å²) in [7, 11) is 1.66. The molecule has 0 radical (unpaired) electrons. The van der Waals surface area contributed by atoms with Gasteiger partial charge in [0.25, 0.3) is 0 Å². The number of anilines is 1. The smallest absolute Gasteiger partial charge is 0.122 e. The van der Waals surface area contributed by atoms with Gasteiger partial charge in [-0.25, -0.2) is 0 Å². The lowest BCUT2D eigenvalue weighted by Crippen LogP contribution is -1.96. The summed E-state index contributed by atoms with van der Waals surface area (Å²) >= 11 is 0. The Balaban J connectivity index is 1.84. The van der Waals surface area contributed by atoms with E-state index in [4.69, 9.17) is 15.2 Å². The molecule has 3 aromatic rings. The van der Waals surface area contributed by atoms with Crippen LogP contribution in [0, 0.1) is 0 Å². The van der Waals surface area contributed by atoms with Crippen LogP contribution < -0.4 is 15.2 Å². The van der Waals surface area contributed by atoms with Crippen LogP contribution >= 0.6 is 0 Å². The van der Waals surface area contributed by atoms with Gasteiger partial charge >= 0.3 is 0 Å². The first-order valence-electron chi connectivity index (χ1n) is 7.46. The van der Waals surface area contributed by atoms with Crippen LogP contribution in [0.25, 0.3) is 11.1 Å². The number of hydrogen-bond acceptors (Lipinski definition) is 3. The van der Waals surface area contributed by atoms with Crippen molar-refractivity contribution in [1.82, 2.24) is 0 Å². The zero-order valence-electron chi connectivity index (χ0n) is 13.0. The zero-order chi connectivity index (χ0) is 16.1. The van der Waals surface area contributed by atoms with Crippen molar-refractivity contribution in [3.63, 3.8) is 0 Å². The lowest BCUT2D eigenvalue weighted by atomic mass is 10.0. The summed E-state index contributed by atoms with van der Waals surface area (Å²) in [5.41, 5.74) is 9.87. The van der Waals surface area contributed by atoms with Gasteiger partial charge < -0.3 is 15.2 Å². The third-order valence-electron chi connectivity index (χ3n) is 3.58. The topological polar surface area (TPSA) is 44.5 Å². The molecule has 0 aromatic heterocycles. The molecule has 3 rings (SSSR count). The van der Waals surface area contributed by atoms with Crippen molar-refractivity contribution < 1.29 is 9.47 Å². The second-order valence-electron chi connectivity index (χ2n) is 5.30. The molecule has 3 nitrogen and oxygen atoms in total. The van der Waals surface area contributed by atoms with E-state index in [-0.39, 0.29) is 0 Å². The molecule has 0 aliphatic heterocycles. The summed E-state index contributed by atoms with van der Waals surface area (Å²) < 4.78 is 11.2. The molecule has 0 unspecified atom stereocenters. The number of nitrogens with two attached hydrogens (primary N) is 1. The highest BCUT2D eigenvalue weighted by Crippen LogP contribution is 2.29. The van der Waals surface area contributed by atoms with Gasteiger partial charge in [0.2, 0.25) is 0 Å². The largest absolute Gasteiger partial charge is 0.497 e. The molecule has 0 spiro atoms. The van der Waals surface area contributed by atoms with Crippen molar-refractivity contribution in [1.29, 1.82) is 0 Å². The second-order valence-corrected chi connectivity index (χ2v) is 5.30. The number of nitrogen functional groups attached to an aromatic ring is 1. The van der Waals surface area contributed by atoms with E-state index in [1.54, 1.807) is 7.11 Å². The fourth-order valence-corrected chi connectivity index (χ4v) is 2.42. The Morgan fingerprint density at radius 3 is 2.35 bits per heavy atom. The van der Waals surface area contributed by atoms with Crippen molar-refractivity contribution in [2.75, 3.05) is 12.8 Å². The van der Waals surface area contributed by atoms with E-state index in [0.717, 1.165) is 28.2 Å². The third-order valence-corrected chi connectivity index (χ3v) is 3.58. The maximum absolute atomic E-state index is 6.03. The van der Waals surface area contributed by atoms with Gasteiger partial charge in [0.1, 0.15) is 18.1 Å². The maximum atomic E-state index is 6.03. The first-order valence-corrected chi connectivity index (χ1v) is 7.46. The van der Waals surface area contributed by atoms with Gasteiger partial charge in [-0.15, -0.1) is 0 Å². The molecule has 0 aliphatic carbocycles. The normalized spacial score (nSPS) is 10.3. The van der Waals surface area contributed by atoms with Gasteiger partial charge in [-0.3, -0.25) is 0 Å². The van der Waals surface area contributed by atoms with Crippen LogP contribution in [0.1, 0.15) is 5.56 Å². The molecule has 0 saturated heterocycles. The Hall–Kier alpha value is -2.94. The number of hydrogen-bond donors (Lipinski definition) is 1. The van der Waals surface area contributed by atoms with Crippen LogP contribution in [-0.4, -0.2) is 7.11 Å². The first-order chi connectivity index (χ1) is 11.2. The van der Waals surface area contributed by atoms with Crippen LogP contribution in [0.3, 0.4) is 0 Å². The lowest BCUT2D eigenvalue weighted by Gasteiger charge is -2.11. The highest BCUT2D eigenvalue weighted by molar-refractivity contribution is 5.70. The number of rotatable bonds is 5. The van der Waals surface area contributed by atoms with E-state index in [1.165, 1.54) is 0 Å². The van der Waals surface area contributed by atoms with Gasteiger partial charge in [0.15, 0.2) is 0 Å². The van der Waals surface area contributed by atoms with E-state index in [1.807, 2.05) is 72.8 Å². The number of methoxy groups -OCH3 is 1. The molecule has 0 bridgehead atoms. The monoisotopic (exact) mass is 305 g/mol. The summed E-state index contributed by atoms with van der Waals surface area (Å²) in [6.07, 6.45) is 0. The Morgan fingerprint density at radius 2 is 1.57 bits per heavy atom. The molecule has 3 heteroatoms. The minimum absolute atomic E-state index is 0.516. The fraction of sp³-hybridized carbons (Fsp3) is 0.100. The van der Waals surface area contributed by atoms with Gasteiger partial charge in [0, 0.05) is 11.8 Å². The highest BCUT2D eigenvalue weighted by atomic mass is 16.5. The molecule has 2 N–H and O–H groups in total. The summed E-state index contributed by atoms with van der Waals surface area (Å²) in [6.45, 7) is 0.516. The molecule has 0 amide bonds. The minimum Gasteiger partial charge on any atom is -0.497 e. The van der Waals surface area contributed by atoms with E-state index >= 15 is 0 Å². The molecular formula is C20H19NO2. The quantitative estimate of drug-likeness (QED) is 0.705. The molecule has 3 aromatic carbocycles. The van der Waals surface area contributed by atoms with E-state index in [9.17, 15) is 0 Å². The van der Waals surface area contributed by atoms with Gasteiger partial charge in [-0.1, -0.05) is 42.5 Å². The minimum atomic E-state index is 0.516. The average Bonchev–Trinajstić information content (AvgIpc) is 2.60. The van der Waals surface area contributed by atoms with E-state index < -0.39 is 0 Å². The Bertz CT molecular complexity index is 785. The molecule has 116 valence electrons. The standard InChI is InChI=1S/C20H19NO2/c1-22-19-9-5-8-16(11-19)17-10-18(21)13-20(12-17)23-14-15-6-3-2-4-7-15/h2-13H,14,21H2,1H3. The summed E-state index contributed by atoms with van der Waals surface area (Å²) in [4.78, 5) is 0. The Morgan fingerprint density at radius 1 is 0.783 bits per heavy atom. The molecular weight excluding hydrogens is 286 g/mol. The third kappa shape index (κ3) is 3.83. The molecule has 0 atom stereocenters. The van der Waals surface area contributed by atoms with Crippen molar-refractivity contribution in [2.45, 2.75) is 6.61 Å². The SMILES string of the molecule is COc1cccc(-c2cc(N)cc(OCc3ccccc3)c2)c1. The Kier molecular flexibility index (Phi) is 4.48. The van der Waals surface area contributed by atoms with Gasteiger partial charge in [0.05, 0.1) is 7.11 Å². The van der Waals surface area contributed by atoms with Crippen molar-refractivity contribution in [2.24, 2.45) is 0 Å². The lowest BCUT2D eigenvalue weighted by molar-refractivity contribution is 0.306. The Labute approximate surface area is 136 Å². The predicted octanol–water partition coefficient (Wildman–Crippen LogP) is 4.52. The fourth-order valence-electron chi connectivity index (χ4n) is 2.42. The predicted molar refractivity (Wildman–Crippen MR) is 93.6 cm³/mol. The summed E-state index contributed by atoms with van der Waals surface area (Å²) in [6, 6.07) is 23.7. The maximum Gasteiger partial charge on any atom is 0.122 e. The first kappa shape index (κ1) is 15.0. The molecule has 0 saturated carbocycles. The zero-order valence-corrected chi connectivity index (χ0v) is 13.0. The van der Waals surface area contributed by atoms with Crippen molar-refractivity contribution in [3.8, 4) is 22.6 Å². The van der Waals surface area contributed by atoms with Gasteiger partial charge in [-0.2, -0.15) is 0 Å².